The van der Waals surface area contributed by atoms with Crippen molar-refractivity contribution in [1.29, 1.82) is 0 Å². The lowest BCUT2D eigenvalue weighted by atomic mass is 9.97. The zero-order valence-corrected chi connectivity index (χ0v) is 18.4. The molecule has 0 saturated carbocycles. The number of halogens is 4. The van der Waals surface area contributed by atoms with E-state index in [0.29, 0.717) is 26.3 Å². The van der Waals surface area contributed by atoms with Crippen LogP contribution in [0.15, 0.2) is 29.3 Å². The van der Waals surface area contributed by atoms with Gasteiger partial charge in [0.15, 0.2) is 5.01 Å². The van der Waals surface area contributed by atoms with Crippen LogP contribution in [0.1, 0.15) is 6.04 Å². The molecule has 2 aromatic heterocycles. The first-order chi connectivity index (χ1) is 14.8. The molecule has 1 aliphatic heterocycles. The van der Waals surface area contributed by atoms with Crippen LogP contribution in [0.3, 0.4) is 0 Å². The van der Waals surface area contributed by atoms with E-state index in [0.717, 1.165) is 16.4 Å². The molecule has 1 aliphatic rings. The fourth-order valence-electron chi connectivity index (χ4n) is 3.07. The number of thioether (sulfide) groups is 1. The molecule has 0 aliphatic carbocycles. The van der Waals surface area contributed by atoms with Crippen molar-refractivity contribution >= 4 is 46.3 Å². The van der Waals surface area contributed by atoms with Gasteiger partial charge in [-0.1, -0.05) is 51.5 Å². The van der Waals surface area contributed by atoms with Gasteiger partial charge in [-0.3, -0.25) is 0 Å². The van der Waals surface area contributed by atoms with Crippen LogP contribution in [0, 0.1) is 11.1 Å². The van der Waals surface area contributed by atoms with Crippen molar-refractivity contribution < 1.29 is 28.8 Å². The van der Waals surface area contributed by atoms with E-state index in [4.69, 9.17) is 27.9 Å². The molecule has 4 rings (SSSR count). The predicted molar refractivity (Wildman–Crippen MR) is 110 cm³/mol. The van der Waals surface area contributed by atoms with Crippen molar-refractivity contribution in [2.45, 2.75) is 34.7 Å². The second-order valence-corrected chi connectivity index (χ2v) is 9.49. The van der Waals surface area contributed by atoms with Gasteiger partial charge in [-0.25, -0.2) is 9.67 Å². The van der Waals surface area contributed by atoms with Crippen molar-refractivity contribution in [2.24, 2.45) is 0 Å². The SMILES string of the molecule is OCC1OC(Sc2ccc(Cl)c(Cl)c2)C(O)C(n2cc(-c3nc(F)c(F)s3)nn2)C1O. The van der Waals surface area contributed by atoms with Crippen molar-refractivity contribution in [1.82, 2.24) is 20.0 Å². The van der Waals surface area contributed by atoms with E-state index in [2.05, 4.69) is 15.3 Å². The number of nitrogens with zero attached hydrogens (tertiary/aromatic N) is 4. The first-order valence-corrected chi connectivity index (χ1v) is 11.2. The van der Waals surface area contributed by atoms with Crippen molar-refractivity contribution in [3.8, 4) is 10.7 Å². The largest absolute Gasteiger partial charge is 0.394 e. The number of ether oxygens (including phenoxy) is 1. The molecule has 0 spiro atoms. The number of aliphatic hydroxyl groups is 3. The summed E-state index contributed by atoms with van der Waals surface area (Å²) < 4.78 is 33.4. The molecule has 3 heterocycles. The molecule has 166 valence electrons. The van der Waals surface area contributed by atoms with Gasteiger partial charge in [0.2, 0.25) is 5.13 Å². The Hall–Kier alpha value is -1.38. The van der Waals surface area contributed by atoms with Gasteiger partial charge in [0, 0.05) is 4.90 Å². The quantitative estimate of drug-likeness (QED) is 0.480. The normalized spacial score (nSPS) is 26.4. The number of aromatic nitrogens is 4. The Morgan fingerprint density at radius 1 is 1.19 bits per heavy atom. The van der Waals surface area contributed by atoms with Crippen LogP contribution in [0.4, 0.5) is 8.78 Å². The van der Waals surface area contributed by atoms with Gasteiger partial charge in [0.1, 0.15) is 35.5 Å². The molecule has 0 amide bonds. The molecule has 31 heavy (non-hydrogen) atoms. The average Bonchev–Trinajstić information content (AvgIpc) is 3.34. The lowest BCUT2D eigenvalue weighted by molar-refractivity contribution is -0.178. The Balaban J connectivity index is 1.61. The third-order valence-electron chi connectivity index (χ3n) is 4.57. The highest BCUT2D eigenvalue weighted by atomic mass is 35.5. The van der Waals surface area contributed by atoms with E-state index >= 15 is 0 Å². The molecule has 0 bridgehead atoms. The Morgan fingerprint density at radius 2 is 1.97 bits per heavy atom. The van der Waals surface area contributed by atoms with Crippen LogP contribution in [0.5, 0.6) is 0 Å². The minimum absolute atomic E-state index is 0.0438. The smallest absolute Gasteiger partial charge is 0.260 e. The Bertz CT molecular complexity index is 1070. The van der Waals surface area contributed by atoms with Gasteiger partial charge in [0.05, 0.1) is 22.8 Å². The summed E-state index contributed by atoms with van der Waals surface area (Å²) >= 11 is 13.5. The van der Waals surface area contributed by atoms with E-state index in [1.807, 2.05) is 0 Å². The zero-order chi connectivity index (χ0) is 22.3. The fourth-order valence-corrected chi connectivity index (χ4v) is 5.16. The molecule has 1 saturated heterocycles. The Kier molecular flexibility index (Phi) is 6.79. The highest BCUT2D eigenvalue weighted by molar-refractivity contribution is 7.99. The third-order valence-corrected chi connectivity index (χ3v) is 7.30. The number of thiazole rings is 1. The number of hydrogen-bond donors (Lipinski definition) is 3. The molecule has 0 radical (unpaired) electrons. The maximum absolute atomic E-state index is 13.3. The molecule has 5 atom stereocenters. The van der Waals surface area contributed by atoms with E-state index in [-0.39, 0.29) is 10.7 Å². The van der Waals surface area contributed by atoms with E-state index in [9.17, 15) is 24.1 Å². The maximum atomic E-state index is 13.3. The molecule has 3 aromatic rings. The lowest BCUT2D eigenvalue weighted by Gasteiger charge is -2.41. The van der Waals surface area contributed by atoms with Crippen LogP contribution in [0.25, 0.3) is 10.7 Å². The Labute approximate surface area is 192 Å². The minimum atomic E-state index is -1.34. The molecule has 8 nitrogen and oxygen atoms in total. The monoisotopic (exact) mass is 510 g/mol. The van der Waals surface area contributed by atoms with Crippen LogP contribution in [-0.4, -0.2) is 65.7 Å². The fraction of sp³-hybridized carbons (Fsp3) is 0.353. The number of hydrogen-bond acceptors (Lipinski definition) is 9. The van der Waals surface area contributed by atoms with Gasteiger partial charge in [0.25, 0.3) is 5.95 Å². The summed E-state index contributed by atoms with van der Waals surface area (Å²) in [6, 6.07) is 3.80. The highest BCUT2D eigenvalue weighted by Gasteiger charge is 2.46. The number of aliphatic hydroxyl groups excluding tert-OH is 3. The van der Waals surface area contributed by atoms with E-state index in [1.165, 1.54) is 6.20 Å². The minimum Gasteiger partial charge on any atom is -0.394 e. The van der Waals surface area contributed by atoms with Gasteiger partial charge in [-0.2, -0.15) is 8.78 Å². The van der Waals surface area contributed by atoms with E-state index < -0.39 is 47.5 Å². The summed E-state index contributed by atoms with van der Waals surface area (Å²) in [5, 5.41) is 38.4. The van der Waals surface area contributed by atoms with Gasteiger partial charge >= 0.3 is 0 Å². The molecular formula is C17H14Cl2F2N4O4S2. The molecule has 5 unspecified atom stereocenters. The van der Waals surface area contributed by atoms with Gasteiger partial charge < -0.3 is 20.1 Å². The van der Waals surface area contributed by atoms with Crippen LogP contribution in [-0.2, 0) is 4.74 Å². The summed E-state index contributed by atoms with van der Waals surface area (Å²) in [6.45, 7) is -0.521. The van der Waals surface area contributed by atoms with E-state index in [1.54, 1.807) is 18.2 Å². The summed E-state index contributed by atoms with van der Waals surface area (Å²) in [6.07, 6.45) is -2.37. The van der Waals surface area contributed by atoms with Gasteiger partial charge in [-0.05, 0) is 18.2 Å². The van der Waals surface area contributed by atoms with Crippen molar-refractivity contribution in [3.63, 3.8) is 0 Å². The summed E-state index contributed by atoms with van der Waals surface area (Å²) in [7, 11) is 0. The summed E-state index contributed by atoms with van der Waals surface area (Å²) in [4.78, 5) is 4.08. The van der Waals surface area contributed by atoms with Crippen molar-refractivity contribution in [2.75, 3.05) is 6.61 Å². The summed E-state index contributed by atoms with van der Waals surface area (Å²) in [5.41, 5.74) is -0.849. The van der Waals surface area contributed by atoms with Crippen LogP contribution in [0.2, 0.25) is 10.0 Å². The van der Waals surface area contributed by atoms with Crippen LogP contribution < -0.4 is 0 Å². The van der Waals surface area contributed by atoms with Gasteiger partial charge in [-0.15, -0.1) is 5.10 Å². The molecule has 1 fully saturated rings. The predicted octanol–water partition coefficient (Wildman–Crippen LogP) is 2.76. The second-order valence-electron chi connectivity index (χ2n) is 6.56. The second kappa shape index (κ2) is 9.24. The highest BCUT2D eigenvalue weighted by Crippen LogP contribution is 2.39. The molecular weight excluding hydrogens is 497 g/mol. The maximum Gasteiger partial charge on any atom is 0.260 e. The first kappa shape index (κ1) is 22.8. The molecule has 1 aromatic carbocycles. The molecule has 3 N–H and O–H groups in total. The summed E-state index contributed by atoms with van der Waals surface area (Å²) in [5.74, 6) is -1.25. The average molecular weight is 511 g/mol. The van der Waals surface area contributed by atoms with Crippen LogP contribution >= 0.6 is 46.3 Å². The lowest BCUT2D eigenvalue weighted by Crippen LogP contribution is -2.55. The standard InChI is InChI=1S/C17H14Cl2F2N4O4S2/c18-7-2-1-6(3-8(7)19)30-17-13(28)11(12(27)10(5-26)29-17)25-4-9(23-24-25)16-22-14(20)15(21)31-16/h1-4,10-13,17,26-28H,5H2. The third kappa shape index (κ3) is 4.57. The molecule has 14 heteroatoms. The van der Waals surface area contributed by atoms with Crippen molar-refractivity contribution in [3.05, 3.63) is 45.5 Å². The topological polar surface area (TPSA) is 114 Å². The number of rotatable bonds is 5. The number of benzene rings is 1. The first-order valence-electron chi connectivity index (χ1n) is 8.76. The Morgan fingerprint density at radius 3 is 2.61 bits per heavy atom. The zero-order valence-electron chi connectivity index (χ0n) is 15.3.